The highest BCUT2D eigenvalue weighted by atomic mass is 32.2. The number of aromatic nitrogens is 2. The number of rotatable bonds is 6. The third kappa shape index (κ3) is 3.75. The Kier molecular flexibility index (Phi) is 4.52. The molecular weight excluding hydrogens is 290 g/mol. The van der Waals surface area contributed by atoms with Crippen molar-refractivity contribution >= 4 is 15.7 Å². The summed E-state index contributed by atoms with van der Waals surface area (Å²) >= 11 is 0. The molecular formula is C14H19N3O3S. The molecule has 2 N–H and O–H groups in total. The molecule has 1 heterocycles. The second-order valence-corrected chi connectivity index (χ2v) is 7.12. The van der Waals surface area contributed by atoms with Crippen LogP contribution in [0.3, 0.4) is 0 Å². The number of aryl methyl sites for hydroxylation is 1. The highest BCUT2D eigenvalue weighted by molar-refractivity contribution is 7.91. The molecule has 0 spiro atoms. The lowest BCUT2D eigenvalue weighted by Gasteiger charge is -2.04. The van der Waals surface area contributed by atoms with E-state index in [-0.39, 0.29) is 18.1 Å². The van der Waals surface area contributed by atoms with E-state index in [0.29, 0.717) is 11.5 Å². The first-order valence-electron chi connectivity index (χ1n) is 6.63. The largest absolute Gasteiger partial charge is 0.497 e. The molecule has 0 radical (unpaired) electrons. The molecule has 1 aromatic carbocycles. The van der Waals surface area contributed by atoms with Gasteiger partial charge in [0.05, 0.1) is 25.1 Å². The van der Waals surface area contributed by atoms with Gasteiger partial charge >= 0.3 is 0 Å². The van der Waals surface area contributed by atoms with Gasteiger partial charge in [0.25, 0.3) is 0 Å². The van der Waals surface area contributed by atoms with Crippen molar-refractivity contribution < 1.29 is 13.2 Å². The standard InChI is InChI=1S/C14H19N3O3S/c1-3-21(18,19)9-8-17-14(15)10-13(16-17)11-4-6-12(20-2)7-5-11/h4-7,10H,3,8-9,15H2,1-2H3. The monoisotopic (exact) mass is 309 g/mol. The van der Waals surface area contributed by atoms with Gasteiger partial charge in [0.2, 0.25) is 0 Å². The van der Waals surface area contributed by atoms with E-state index in [1.807, 2.05) is 24.3 Å². The molecule has 0 unspecified atom stereocenters. The van der Waals surface area contributed by atoms with E-state index in [9.17, 15) is 8.42 Å². The lowest BCUT2D eigenvalue weighted by molar-refractivity contribution is 0.415. The van der Waals surface area contributed by atoms with Crippen molar-refractivity contribution in [2.24, 2.45) is 0 Å². The molecule has 0 saturated carbocycles. The second-order valence-electron chi connectivity index (χ2n) is 4.64. The Balaban J connectivity index is 2.18. The zero-order valence-electron chi connectivity index (χ0n) is 12.1. The molecule has 0 aliphatic rings. The molecule has 2 aromatic rings. The number of nitrogens with zero attached hydrogens (tertiary/aromatic N) is 2. The fourth-order valence-electron chi connectivity index (χ4n) is 1.88. The first-order valence-corrected chi connectivity index (χ1v) is 8.45. The number of hydrogen-bond donors (Lipinski definition) is 1. The van der Waals surface area contributed by atoms with Crippen LogP contribution in [0.15, 0.2) is 30.3 Å². The van der Waals surface area contributed by atoms with E-state index < -0.39 is 9.84 Å². The molecule has 6 nitrogen and oxygen atoms in total. The molecule has 0 aliphatic heterocycles. The van der Waals surface area contributed by atoms with Gasteiger partial charge in [-0.1, -0.05) is 6.92 Å². The maximum atomic E-state index is 11.5. The summed E-state index contributed by atoms with van der Waals surface area (Å²) in [6.45, 7) is 1.89. The predicted molar refractivity (Wildman–Crippen MR) is 83.0 cm³/mol. The van der Waals surface area contributed by atoms with Crippen LogP contribution in [-0.4, -0.2) is 36.8 Å². The number of methoxy groups -OCH3 is 1. The van der Waals surface area contributed by atoms with Crippen LogP contribution < -0.4 is 10.5 Å². The van der Waals surface area contributed by atoms with Gasteiger partial charge < -0.3 is 10.5 Å². The lowest BCUT2D eigenvalue weighted by Crippen LogP contribution is -2.16. The molecule has 7 heteroatoms. The maximum absolute atomic E-state index is 11.5. The zero-order chi connectivity index (χ0) is 15.5. The Labute approximate surface area is 124 Å². The van der Waals surface area contributed by atoms with Crippen LogP contribution in [0, 0.1) is 0 Å². The summed E-state index contributed by atoms with van der Waals surface area (Å²) in [5.74, 6) is 1.38. The molecule has 0 saturated heterocycles. The van der Waals surface area contributed by atoms with Crippen molar-refractivity contribution in [3.63, 3.8) is 0 Å². The number of anilines is 1. The van der Waals surface area contributed by atoms with Crippen LogP contribution >= 0.6 is 0 Å². The minimum Gasteiger partial charge on any atom is -0.497 e. The summed E-state index contributed by atoms with van der Waals surface area (Å²) in [6.07, 6.45) is 0. The fraction of sp³-hybridized carbons (Fsp3) is 0.357. The average Bonchev–Trinajstić information content (AvgIpc) is 2.86. The van der Waals surface area contributed by atoms with Gasteiger partial charge in [0, 0.05) is 17.4 Å². The maximum Gasteiger partial charge on any atom is 0.151 e. The Morgan fingerprint density at radius 2 is 1.95 bits per heavy atom. The van der Waals surface area contributed by atoms with Gasteiger partial charge in [-0.05, 0) is 24.3 Å². The topological polar surface area (TPSA) is 87.2 Å². The lowest BCUT2D eigenvalue weighted by atomic mass is 10.1. The Bertz CT molecular complexity index is 706. The number of ether oxygens (including phenoxy) is 1. The number of sulfone groups is 1. The first-order chi connectivity index (χ1) is 9.95. The van der Waals surface area contributed by atoms with Crippen LogP contribution in [0.2, 0.25) is 0 Å². The fourth-order valence-corrected chi connectivity index (χ4v) is 2.62. The number of nitrogen functional groups attached to an aromatic ring is 1. The molecule has 114 valence electrons. The van der Waals surface area contributed by atoms with Crippen LogP contribution in [0.25, 0.3) is 11.3 Å². The van der Waals surface area contributed by atoms with Crippen molar-refractivity contribution in [2.75, 3.05) is 24.3 Å². The van der Waals surface area contributed by atoms with Crippen LogP contribution in [0.5, 0.6) is 5.75 Å². The summed E-state index contributed by atoms with van der Waals surface area (Å²) in [5.41, 5.74) is 7.50. The number of benzene rings is 1. The average molecular weight is 309 g/mol. The van der Waals surface area contributed by atoms with Gasteiger partial charge in [-0.15, -0.1) is 0 Å². The van der Waals surface area contributed by atoms with Crippen LogP contribution in [0.1, 0.15) is 6.92 Å². The van der Waals surface area contributed by atoms with Gasteiger partial charge in [-0.2, -0.15) is 5.10 Å². The van der Waals surface area contributed by atoms with Gasteiger partial charge in [-0.25, -0.2) is 13.1 Å². The van der Waals surface area contributed by atoms with E-state index >= 15 is 0 Å². The van der Waals surface area contributed by atoms with Crippen molar-refractivity contribution in [3.8, 4) is 17.0 Å². The third-order valence-electron chi connectivity index (χ3n) is 3.25. The summed E-state index contributed by atoms with van der Waals surface area (Å²) < 4.78 is 29.7. The summed E-state index contributed by atoms with van der Waals surface area (Å²) in [7, 11) is -1.42. The zero-order valence-corrected chi connectivity index (χ0v) is 12.9. The normalized spacial score (nSPS) is 11.5. The van der Waals surface area contributed by atoms with E-state index in [4.69, 9.17) is 10.5 Å². The van der Waals surface area contributed by atoms with Crippen molar-refractivity contribution in [1.29, 1.82) is 0 Å². The van der Waals surface area contributed by atoms with Crippen LogP contribution in [0.4, 0.5) is 5.82 Å². The van der Waals surface area contributed by atoms with Crippen molar-refractivity contribution in [3.05, 3.63) is 30.3 Å². The predicted octanol–water partition coefficient (Wildman–Crippen LogP) is 1.58. The Hall–Kier alpha value is -2.02. The number of nitrogens with two attached hydrogens (primary N) is 1. The second kappa shape index (κ2) is 6.17. The van der Waals surface area contributed by atoms with Gasteiger partial charge in [0.1, 0.15) is 11.6 Å². The summed E-state index contributed by atoms with van der Waals surface area (Å²) in [6, 6.07) is 9.18. The highest BCUT2D eigenvalue weighted by Gasteiger charge is 2.11. The van der Waals surface area contributed by atoms with E-state index in [1.54, 1.807) is 20.1 Å². The molecule has 0 aliphatic carbocycles. The molecule has 0 atom stereocenters. The first kappa shape index (κ1) is 15.4. The minimum atomic E-state index is -3.03. The molecule has 2 rings (SSSR count). The van der Waals surface area contributed by atoms with Crippen molar-refractivity contribution in [2.45, 2.75) is 13.5 Å². The van der Waals surface area contributed by atoms with Gasteiger partial charge in [-0.3, -0.25) is 0 Å². The Morgan fingerprint density at radius 1 is 1.29 bits per heavy atom. The quantitative estimate of drug-likeness (QED) is 0.875. The minimum absolute atomic E-state index is 0.0391. The molecule has 0 fully saturated rings. The van der Waals surface area contributed by atoms with E-state index in [2.05, 4.69) is 5.10 Å². The molecule has 0 bridgehead atoms. The van der Waals surface area contributed by atoms with Crippen molar-refractivity contribution in [1.82, 2.24) is 9.78 Å². The molecule has 0 amide bonds. The number of hydrogen-bond acceptors (Lipinski definition) is 5. The van der Waals surface area contributed by atoms with E-state index in [0.717, 1.165) is 11.3 Å². The van der Waals surface area contributed by atoms with E-state index in [1.165, 1.54) is 4.68 Å². The SMILES string of the molecule is CCS(=O)(=O)CCn1nc(-c2ccc(OC)cc2)cc1N. The van der Waals surface area contributed by atoms with Crippen LogP contribution in [-0.2, 0) is 16.4 Å². The van der Waals surface area contributed by atoms with Gasteiger partial charge in [0.15, 0.2) is 9.84 Å². The summed E-state index contributed by atoms with van der Waals surface area (Å²) in [5, 5.41) is 4.36. The Morgan fingerprint density at radius 3 is 2.52 bits per heavy atom. The highest BCUT2D eigenvalue weighted by Crippen LogP contribution is 2.23. The molecule has 1 aromatic heterocycles. The third-order valence-corrected chi connectivity index (χ3v) is 4.94. The summed E-state index contributed by atoms with van der Waals surface area (Å²) in [4.78, 5) is 0. The molecule has 21 heavy (non-hydrogen) atoms. The smallest absolute Gasteiger partial charge is 0.151 e.